The Kier molecular flexibility index (Phi) is 4.77. The summed E-state index contributed by atoms with van der Waals surface area (Å²) in [5, 5.41) is 11.4. The molecule has 0 fully saturated rings. The highest BCUT2D eigenvalue weighted by atomic mass is 35.5. The highest BCUT2D eigenvalue weighted by Gasteiger charge is 2.30. The smallest absolute Gasteiger partial charge is 0.298 e. The Morgan fingerprint density at radius 1 is 0.935 bits per heavy atom. The van der Waals surface area contributed by atoms with Gasteiger partial charge in [0, 0.05) is 32.5 Å². The van der Waals surface area contributed by atoms with Crippen molar-refractivity contribution in [1.82, 2.24) is 0 Å². The summed E-state index contributed by atoms with van der Waals surface area (Å²) in [6.45, 7) is 0. The second-order valence-corrected chi connectivity index (χ2v) is 8.31. The third kappa shape index (κ3) is 3.48. The molecular formula is C23H13ClN2O4S. The monoisotopic (exact) mass is 448 g/mol. The number of halogens is 1. The maximum Gasteiger partial charge on any atom is 0.298 e. The molecule has 0 saturated carbocycles. The van der Waals surface area contributed by atoms with Gasteiger partial charge in [-0.2, -0.15) is 0 Å². The summed E-state index contributed by atoms with van der Waals surface area (Å²) >= 11 is 7.80. The second-order valence-electron chi connectivity index (χ2n) is 6.79. The second kappa shape index (κ2) is 7.61. The summed E-state index contributed by atoms with van der Waals surface area (Å²) in [5.74, 6) is 0.273. The van der Waals surface area contributed by atoms with Crippen LogP contribution in [0.2, 0.25) is 5.02 Å². The average Bonchev–Trinajstić information content (AvgIpc) is 3.27. The van der Waals surface area contributed by atoms with E-state index in [-0.39, 0.29) is 17.4 Å². The lowest BCUT2D eigenvalue weighted by molar-refractivity contribution is -0.384. The highest BCUT2D eigenvalue weighted by molar-refractivity contribution is 7.99. The number of rotatable bonds is 3. The molecule has 4 aromatic rings. The first kappa shape index (κ1) is 19.4. The quantitative estimate of drug-likeness (QED) is 0.250. The standard InChI is InChI=1S/C23H13ClN2O4S/c24-15-7-12-22-18(13-15)25(17-3-1-2-4-21(17)31-22)23(27)20-11-10-19(30-20)14-5-8-16(9-6-14)26(28)29/h1-13H. The van der Waals surface area contributed by atoms with Crippen LogP contribution >= 0.6 is 23.4 Å². The van der Waals surface area contributed by atoms with E-state index in [1.54, 1.807) is 53.1 Å². The van der Waals surface area contributed by atoms with Gasteiger partial charge < -0.3 is 4.42 Å². The normalized spacial score (nSPS) is 12.2. The van der Waals surface area contributed by atoms with Crippen molar-refractivity contribution >= 4 is 46.3 Å². The van der Waals surface area contributed by atoms with Crippen LogP contribution in [-0.4, -0.2) is 10.8 Å². The summed E-state index contributed by atoms with van der Waals surface area (Å²) in [6, 6.07) is 22.4. The van der Waals surface area contributed by atoms with Crippen molar-refractivity contribution in [3.63, 3.8) is 0 Å². The van der Waals surface area contributed by atoms with Gasteiger partial charge in [0.15, 0.2) is 5.76 Å². The SMILES string of the molecule is O=C(c1ccc(-c2ccc([N+](=O)[O-])cc2)o1)N1c2ccccc2Sc2ccc(Cl)cc21. The highest BCUT2D eigenvalue weighted by Crippen LogP contribution is 2.49. The van der Waals surface area contributed by atoms with Crippen molar-refractivity contribution < 1.29 is 14.1 Å². The molecule has 152 valence electrons. The van der Waals surface area contributed by atoms with E-state index in [0.717, 1.165) is 15.5 Å². The van der Waals surface area contributed by atoms with E-state index in [2.05, 4.69) is 0 Å². The van der Waals surface area contributed by atoms with E-state index in [9.17, 15) is 14.9 Å². The minimum Gasteiger partial charge on any atom is -0.451 e. The van der Waals surface area contributed by atoms with Crippen molar-refractivity contribution in [2.45, 2.75) is 9.79 Å². The maximum absolute atomic E-state index is 13.5. The molecule has 0 radical (unpaired) electrons. The van der Waals surface area contributed by atoms with Gasteiger partial charge in [-0.25, -0.2) is 0 Å². The molecule has 1 amide bonds. The predicted octanol–water partition coefficient (Wildman–Crippen LogP) is 6.95. The van der Waals surface area contributed by atoms with Crippen LogP contribution in [0.25, 0.3) is 11.3 Å². The Balaban J connectivity index is 1.54. The number of hydrogen-bond donors (Lipinski definition) is 0. The van der Waals surface area contributed by atoms with E-state index < -0.39 is 4.92 Å². The number of nitro benzene ring substituents is 1. The summed E-state index contributed by atoms with van der Waals surface area (Å²) in [7, 11) is 0. The predicted molar refractivity (Wildman–Crippen MR) is 119 cm³/mol. The average molecular weight is 449 g/mol. The lowest BCUT2D eigenvalue weighted by atomic mass is 10.1. The Hall–Kier alpha value is -3.55. The van der Waals surface area contributed by atoms with E-state index in [1.165, 1.54) is 12.1 Å². The lowest BCUT2D eigenvalue weighted by Crippen LogP contribution is -2.28. The Bertz CT molecular complexity index is 1330. The fourth-order valence-corrected chi connectivity index (χ4v) is 4.62. The van der Waals surface area contributed by atoms with E-state index in [1.807, 2.05) is 30.3 Å². The van der Waals surface area contributed by atoms with Crippen LogP contribution in [0.1, 0.15) is 10.6 Å². The molecule has 3 aromatic carbocycles. The van der Waals surface area contributed by atoms with Crippen molar-refractivity contribution in [3.8, 4) is 11.3 Å². The Labute approximate surface area is 186 Å². The van der Waals surface area contributed by atoms with Crippen molar-refractivity contribution in [3.05, 3.63) is 99.8 Å². The molecule has 31 heavy (non-hydrogen) atoms. The molecule has 0 saturated heterocycles. The van der Waals surface area contributed by atoms with Gasteiger partial charge >= 0.3 is 0 Å². The van der Waals surface area contributed by atoms with Gasteiger partial charge in [-0.1, -0.05) is 35.5 Å². The molecule has 0 aliphatic carbocycles. The van der Waals surface area contributed by atoms with E-state index in [4.69, 9.17) is 16.0 Å². The van der Waals surface area contributed by atoms with E-state index in [0.29, 0.717) is 22.0 Å². The topological polar surface area (TPSA) is 76.6 Å². The van der Waals surface area contributed by atoms with Gasteiger partial charge in [-0.15, -0.1) is 0 Å². The van der Waals surface area contributed by atoms with Crippen LogP contribution in [0.15, 0.2) is 93.1 Å². The number of nitro groups is 1. The van der Waals surface area contributed by atoms with Gasteiger partial charge in [-0.05, 0) is 54.6 Å². The third-order valence-electron chi connectivity index (χ3n) is 4.87. The molecule has 8 heteroatoms. The maximum atomic E-state index is 13.5. The molecule has 0 N–H and O–H groups in total. The molecular weight excluding hydrogens is 436 g/mol. The number of carbonyl (C=O) groups excluding carboxylic acids is 1. The number of hydrogen-bond acceptors (Lipinski definition) is 5. The molecule has 1 aliphatic rings. The molecule has 6 nitrogen and oxygen atoms in total. The number of para-hydroxylation sites is 1. The first-order valence-electron chi connectivity index (χ1n) is 9.27. The van der Waals surface area contributed by atoms with Crippen LogP contribution < -0.4 is 4.90 Å². The summed E-state index contributed by atoms with van der Waals surface area (Å²) < 4.78 is 5.84. The minimum atomic E-state index is -0.463. The van der Waals surface area contributed by atoms with Crippen LogP contribution in [0.5, 0.6) is 0 Å². The molecule has 0 spiro atoms. The van der Waals surface area contributed by atoms with E-state index >= 15 is 0 Å². The molecule has 5 rings (SSSR count). The first-order valence-corrected chi connectivity index (χ1v) is 10.5. The van der Waals surface area contributed by atoms with Gasteiger partial charge in [0.1, 0.15) is 5.76 Å². The number of nitrogens with zero attached hydrogens (tertiary/aromatic N) is 2. The van der Waals surface area contributed by atoms with Crippen molar-refractivity contribution in [1.29, 1.82) is 0 Å². The molecule has 0 bridgehead atoms. The zero-order chi connectivity index (χ0) is 21.5. The van der Waals surface area contributed by atoms with Gasteiger partial charge in [-0.3, -0.25) is 19.8 Å². The van der Waals surface area contributed by atoms with Crippen molar-refractivity contribution in [2.75, 3.05) is 4.90 Å². The number of furan rings is 1. The summed E-state index contributed by atoms with van der Waals surface area (Å²) in [5.41, 5.74) is 2.07. The van der Waals surface area contributed by atoms with Gasteiger partial charge in [0.25, 0.3) is 11.6 Å². The molecule has 0 unspecified atom stereocenters. The van der Waals surface area contributed by atoms with Crippen LogP contribution in [-0.2, 0) is 0 Å². The zero-order valence-electron chi connectivity index (χ0n) is 15.8. The first-order chi connectivity index (χ1) is 15.0. The van der Waals surface area contributed by atoms with Crippen LogP contribution in [0.3, 0.4) is 0 Å². The number of amides is 1. The summed E-state index contributed by atoms with van der Waals surface area (Å²) in [4.78, 5) is 27.4. The molecule has 1 aromatic heterocycles. The van der Waals surface area contributed by atoms with Crippen LogP contribution in [0.4, 0.5) is 17.1 Å². The fraction of sp³-hybridized carbons (Fsp3) is 0. The minimum absolute atomic E-state index is 0.0116. The number of anilines is 2. The molecule has 1 aliphatic heterocycles. The fourth-order valence-electron chi connectivity index (χ4n) is 3.41. The zero-order valence-corrected chi connectivity index (χ0v) is 17.4. The van der Waals surface area contributed by atoms with Crippen molar-refractivity contribution in [2.24, 2.45) is 0 Å². The third-order valence-corrected chi connectivity index (χ3v) is 6.24. The molecule has 0 atom stereocenters. The number of carbonyl (C=O) groups is 1. The van der Waals surface area contributed by atoms with Gasteiger partial charge in [0.2, 0.25) is 0 Å². The number of fused-ring (bicyclic) bond motifs is 2. The van der Waals surface area contributed by atoms with Crippen LogP contribution in [0, 0.1) is 10.1 Å². The molecule has 2 heterocycles. The number of benzene rings is 3. The lowest BCUT2D eigenvalue weighted by Gasteiger charge is -2.30. The Morgan fingerprint density at radius 2 is 1.68 bits per heavy atom. The number of non-ortho nitro benzene ring substituents is 1. The largest absolute Gasteiger partial charge is 0.451 e. The summed E-state index contributed by atoms with van der Waals surface area (Å²) in [6.07, 6.45) is 0. The van der Waals surface area contributed by atoms with Gasteiger partial charge in [0.05, 0.1) is 16.3 Å². The Morgan fingerprint density at radius 3 is 2.45 bits per heavy atom.